The number of hydrogen-bond acceptors (Lipinski definition) is 3. The zero-order valence-electron chi connectivity index (χ0n) is 11.7. The van der Waals surface area contributed by atoms with Crippen molar-refractivity contribution in [1.82, 2.24) is 5.43 Å². The van der Waals surface area contributed by atoms with Gasteiger partial charge >= 0.3 is 0 Å². The van der Waals surface area contributed by atoms with Crippen molar-refractivity contribution in [2.75, 3.05) is 0 Å². The number of carbonyl (C=O) groups is 1. The average molecular weight is 280 g/mol. The summed E-state index contributed by atoms with van der Waals surface area (Å²) in [6.45, 7) is 1.80. The number of amides is 1. The van der Waals surface area contributed by atoms with Crippen LogP contribution in [-0.4, -0.2) is 16.7 Å². The van der Waals surface area contributed by atoms with E-state index in [1.165, 1.54) is 24.3 Å². The van der Waals surface area contributed by atoms with Crippen molar-refractivity contribution < 1.29 is 9.90 Å². The van der Waals surface area contributed by atoms with Gasteiger partial charge in [0.25, 0.3) is 5.91 Å². The van der Waals surface area contributed by atoms with E-state index in [9.17, 15) is 4.79 Å². The SMILES string of the molecule is CC(/C=C\c1ccccc1)=N/NC(=O)c1ccc(O)cc1. The van der Waals surface area contributed by atoms with E-state index in [4.69, 9.17) is 5.11 Å². The van der Waals surface area contributed by atoms with Gasteiger partial charge < -0.3 is 5.11 Å². The van der Waals surface area contributed by atoms with Crippen LogP contribution in [0, 0.1) is 0 Å². The number of allylic oxidation sites excluding steroid dienone is 1. The van der Waals surface area contributed by atoms with Crippen molar-refractivity contribution in [1.29, 1.82) is 0 Å². The number of phenolic OH excluding ortho intramolecular Hbond substituents is 1. The number of hydrazone groups is 1. The Labute approximate surface area is 123 Å². The molecule has 106 valence electrons. The lowest BCUT2D eigenvalue weighted by atomic mass is 10.2. The van der Waals surface area contributed by atoms with Gasteiger partial charge in [0, 0.05) is 5.56 Å². The Balaban J connectivity index is 1.95. The molecule has 0 aromatic heterocycles. The third-order valence-electron chi connectivity index (χ3n) is 2.78. The largest absolute Gasteiger partial charge is 0.508 e. The smallest absolute Gasteiger partial charge is 0.271 e. The number of rotatable bonds is 4. The minimum Gasteiger partial charge on any atom is -0.508 e. The van der Waals surface area contributed by atoms with Crippen LogP contribution < -0.4 is 5.43 Å². The van der Waals surface area contributed by atoms with Crippen molar-refractivity contribution in [2.45, 2.75) is 6.92 Å². The fourth-order valence-corrected chi connectivity index (χ4v) is 1.63. The molecule has 1 amide bonds. The topological polar surface area (TPSA) is 61.7 Å². The normalized spacial score (nSPS) is 11.6. The molecular formula is C17H16N2O2. The lowest BCUT2D eigenvalue weighted by Gasteiger charge is -2.00. The quantitative estimate of drug-likeness (QED) is 0.667. The van der Waals surface area contributed by atoms with Gasteiger partial charge in [-0.25, -0.2) is 5.43 Å². The first-order valence-corrected chi connectivity index (χ1v) is 6.52. The molecule has 2 N–H and O–H groups in total. The molecule has 21 heavy (non-hydrogen) atoms. The van der Waals surface area contributed by atoms with E-state index < -0.39 is 0 Å². The molecule has 0 unspecified atom stereocenters. The lowest BCUT2D eigenvalue weighted by Crippen LogP contribution is -2.18. The standard InChI is InChI=1S/C17H16N2O2/c1-13(7-8-14-5-3-2-4-6-14)18-19-17(21)15-9-11-16(20)12-10-15/h2-12,20H,1H3,(H,19,21)/b8-7-,18-13-. The molecule has 2 rings (SSSR count). The van der Waals surface area contributed by atoms with Crippen LogP contribution in [0.2, 0.25) is 0 Å². The van der Waals surface area contributed by atoms with Gasteiger partial charge in [0.2, 0.25) is 0 Å². The van der Waals surface area contributed by atoms with Gasteiger partial charge in [-0.3, -0.25) is 4.79 Å². The summed E-state index contributed by atoms with van der Waals surface area (Å²) in [7, 11) is 0. The highest BCUT2D eigenvalue weighted by Gasteiger charge is 2.03. The summed E-state index contributed by atoms with van der Waals surface area (Å²) in [4.78, 5) is 11.8. The minimum absolute atomic E-state index is 0.122. The molecule has 2 aromatic carbocycles. The zero-order chi connectivity index (χ0) is 15.1. The van der Waals surface area contributed by atoms with Gasteiger partial charge in [-0.1, -0.05) is 36.4 Å². The van der Waals surface area contributed by atoms with Crippen molar-refractivity contribution in [3.8, 4) is 5.75 Å². The number of nitrogens with one attached hydrogen (secondary N) is 1. The summed E-state index contributed by atoms with van der Waals surface area (Å²) < 4.78 is 0. The van der Waals surface area contributed by atoms with Crippen LogP contribution in [-0.2, 0) is 0 Å². The first kappa shape index (κ1) is 14.5. The Bertz CT molecular complexity index is 659. The van der Waals surface area contributed by atoms with Crippen LogP contribution in [0.3, 0.4) is 0 Å². The number of hydrogen-bond donors (Lipinski definition) is 2. The fraction of sp³-hybridized carbons (Fsp3) is 0.0588. The first-order chi connectivity index (χ1) is 10.1. The number of aromatic hydroxyl groups is 1. The van der Waals surface area contributed by atoms with Crippen molar-refractivity contribution in [3.63, 3.8) is 0 Å². The van der Waals surface area contributed by atoms with E-state index in [2.05, 4.69) is 10.5 Å². The third kappa shape index (κ3) is 4.62. The van der Waals surface area contributed by atoms with E-state index in [1.807, 2.05) is 42.5 Å². The molecule has 2 aromatic rings. The molecule has 4 heteroatoms. The molecule has 4 nitrogen and oxygen atoms in total. The van der Waals surface area contributed by atoms with Crippen molar-refractivity contribution in [2.24, 2.45) is 5.10 Å². The van der Waals surface area contributed by atoms with E-state index >= 15 is 0 Å². The van der Waals surface area contributed by atoms with Crippen LogP contribution in [0.1, 0.15) is 22.8 Å². The molecule has 0 radical (unpaired) electrons. The highest BCUT2D eigenvalue weighted by molar-refractivity contribution is 5.99. The van der Waals surface area contributed by atoms with Gasteiger partial charge in [0.15, 0.2) is 0 Å². The highest BCUT2D eigenvalue weighted by Crippen LogP contribution is 2.09. The molecule has 0 saturated heterocycles. The van der Waals surface area contributed by atoms with Gasteiger partial charge in [0.1, 0.15) is 5.75 Å². The first-order valence-electron chi connectivity index (χ1n) is 6.52. The third-order valence-corrected chi connectivity index (χ3v) is 2.78. The van der Waals surface area contributed by atoms with Crippen LogP contribution in [0.4, 0.5) is 0 Å². The molecule has 0 aliphatic heterocycles. The number of nitrogens with zero attached hydrogens (tertiary/aromatic N) is 1. The number of phenols is 1. The van der Waals surface area contributed by atoms with Crippen LogP contribution in [0.15, 0.2) is 65.8 Å². The van der Waals surface area contributed by atoms with E-state index in [-0.39, 0.29) is 11.7 Å². The Kier molecular flexibility index (Phi) is 4.88. The van der Waals surface area contributed by atoms with E-state index in [0.29, 0.717) is 11.3 Å². The minimum atomic E-state index is -0.317. The van der Waals surface area contributed by atoms with E-state index in [0.717, 1.165) is 5.56 Å². The van der Waals surface area contributed by atoms with Crippen LogP contribution in [0.25, 0.3) is 6.08 Å². The van der Waals surface area contributed by atoms with Gasteiger partial charge in [-0.2, -0.15) is 5.10 Å². The average Bonchev–Trinajstić information content (AvgIpc) is 2.52. The van der Waals surface area contributed by atoms with Gasteiger partial charge in [0.05, 0.1) is 5.71 Å². The van der Waals surface area contributed by atoms with Gasteiger partial charge in [-0.05, 0) is 42.8 Å². The number of benzene rings is 2. The zero-order valence-corrected chi connectivity index (χ0v) is 11.7. The maximum absolute atomic E-state index is 11.8. The monoisotopic (exact) mass is 280 g/mol. The summed E-state index contributed by atoms with van der Waals surface area (Å²) in [5, 5.41) is 13.2. The molecule has 0 saturated carbocycles. The van der Waals surface area contributed by atoms with Crippen molar-refractivity contribution in [3.05, 3.63) is 71.8 Å². The summed E-state index contributed by atoms with van der Waals surface area (Å²) in [5.41, 5.74) is 4.66. The second-order valence-corrected chi connectivity index (χ2v) is 4.49. The predicted molar refractivity (Wildman–Crippen MR) is 84.2 cm³/mol. The molecule has 0 spiro atoms. The van der Waals surface area contributed by atoms with Crippen LogP contribution >= 0.6 is 0 Å². The Hall–Kier alpha value is -2.88. The lowest BCUT2D eigenvalue weighted by molar-refractivity contribution is 0.0955. The number of carbonyl (C=O) groups excluding carboxylic acids is 1. The van der Waals surface area contributed by atoms with E-state index in [1.54, 1.807) is 6.92 Å². The fourth-order valence-electron chi connectivity index (χ4n) is 1.63. The van der Waals surface area contributed by atoms with Gasteiger partial charge in [-0.15, -0.1) is 0 Å². The second kappa shape index (κ2) is 7.05. The maximum atomic E-state index is 11.8. The van der Waals surface area contributed by atoms with Crippen molar-refractivity contribution >= 4 is 17.7 Å². The molecule has 0 fully saturated rings. The Morgan fingerprint density at radius 2 is 1.76 bits per heavy atom. The predicted octanol–water partition coefficient (Wildman–Crippen LogP) is 3.21. The molecule has 0 aliphatic carbocycles. The Morgan fingerprint density at radius 1 is 1.10 bits per heavy atom. The maximum Gasteiger partial charge on any atom is 0.271 e. The van der Waals surface area contributed by atoms with Crippen LogP contribution in [0.5, 0.6) is 5.75 Å². The molecule has 0 aliphatic rings. The summed E-state index contributed by atoms with van der Waals surface area (Å²) in [5.74, 6) is -0.195. The highest BCUT2D eigenvalue weighted by atomic mass is 16.3. The summed E-state index contributed by atoms with van der Waals surface area (Å²) in [6, 6.07) is 15.8. The second-order valence-electron chi connectivity index (χ2n) is 4.49. The molecule has 0 heterocycles. The molecular weight excluding hydrogens is 264 g/mol. The summed E-state index contributed by atoms with van der Waals surface area (Å²) in [6.07, 6.45) is 3.75. The molecule has 0 bridgehead atoms. The Morgan fingerprint density at radius 3 is 2.43 bits per heavy atom. The molecule has 0 atom stereocenters. The summed E-state index contributed by atoms with van der Waals surface area (Å²) >= 11 is 0.